The van der Waals surface area contributed by atoms with E-state index in [9.17, 15) is 29.0 Å². The van der Waals surface area contributed by atoms with Gasteiger partial charge >= 0.3 is 17.9 Å². The van der Waals surface area contributed by atoms with Gasteiger partial charge in [0.2, 0.25) is 0 Å². The number of nitrogens with zero attached hydrogens (tertiary/aromatic N) is 3. The molecule has 0 unspecified atom stereocenters. The van der Waals surface area contributed by atoms with Crippen LogP contribution in [0.4, 0.5) is 0 Å². The van der Waals surface area contributed by atoms with Crippen LogP contribution in [-0.4, -0.2) is 104 Å². The number of likely N-dealkylation sites (N-methyl/N-ethyl adjacent to an activating group) is 1. The molecule has 4 N–H and O–H groups in total. The topological polar surface area (TPSA) is 203 Å². The van der Waals surface area contributed by atoms with Crippen molar-refractivity contribution in [3.8, 4) is 6.07 Å². The first-order chi connectivity index (χ1) is 26.9. The third kappa shape index (κ3) is 12.3. The molecule has 4 aromatic rings. The van der Waals surface area contributed by atoms with E-state index in [1.807, 2.05) is 73.8 Å². The number of carboxylic acids is 3. The molecule has 0 radical (unpaired) electrons. The van der Waals surface area contributed by atoms with E-state index < -0.39 is 47.5 Å². The fourth-order valence-corrected chi connectivity index (χ4v) is 8.32. The van der Waals surface area contributed by atoms with Gasteiger partial charge in [0.1, 0.15) is 6.26 Å². The number of halogens is 3. The maximum absolute atomic E-state index is 13.8. The molecule has 0 spiro atoms. The lowest BCUT2D eigenvalue weighted by Crippen LogP contribution is -2.42. The number of rotatable bonds is 14. The van der Waals surface area contributed by atoms with Crippen LogP contribution in [0, 0.1) is 11.3 Å². The Labute approximate surface area is 348 Å². The summed E-state index contributed by atoms with van der Waals surface area (Å²) >= 11 is 17.8. The Kier molecular flexibility index (Phi) is 16.2. The molecule has 12 nitrogen and oxygen atoms in total. The normalized spacial score (nSPS) is 14.5. The minimum absolute atomic E-state index is 0.0206. The standard InChI is InChI=1S/C35H34Cl3N3O2S.C6H8O7/c1-40(35(42)31-18-23(21-39)17-26-5-3-4-6-29(26)31)22-27(25-7-10-32(37)33(38)19-25)13-16-41-14-11-24(12-15-41)30-9-8-28(36)20-34(30)44(2)43;7-3(8)1-6(13,5(11)12)2-4(9)10/h3-10,17-20,24,27H,11-16,22H2,1-2H3;13H,1-2H2,(H,7,8)(H,9,10)(H,11,12)/t27-,44-;/m1./s1. The molecular weight excluding hydrogens is 817 g/mol. The van der Waals surface area contributed by atoms with Crippen molar-refractivity contribution in [2.45, 2.75) is 54.4 Å². The van der Waals surface area contributed by atoms with Crippen molar-refractivity contribution < 1.29 is 44.2 Å². The molecule has 0 saturated carbocycles. The number of aliphatic carboxylic acids is 3. The van der Waals surface area contributed by atoms with Crippen LogP contribution in [0.2, 0.25) is 15.1 Å². The number of benzene rings is 4. The van der Waals surface area contributed by atoms with E-state index in [0.29, 0.717) is 38.7 Å². The molecule has 1 heterocycles. The van der Waals surface area contributed by atoms with Crippen molar-refractivity contribution in [1.29, 1.82) is 5.26 Å². The van der Waals surface area contributed by atoms with E-state index in [1.165, 1.54) is 0 Å². The molecule has 1 aliphatic rings. The molecule has 0 aliphatic carbocycles. The monoisotopic (exact) mass is 857 g/mol. The summed E-state index contributed by atoms with van der Waals surface area (Å²) in [6.45, 7) is 3.20. The predicted molar refractivity (Wildman–Crippen MR) is 219 cm³/mol. The highest BCUT2D eigenvalue weighted by molar-refractivity contribution is 7.90. The van der Waals surface area contributed by atoms with Gasteiger partial charge in [-0.15, -0.1) is 0 Å². The second-order valence-corrected chi connectivity index (χ2v) is 16.5. The van der Waals surface area contributed by atoms with Gasteiger partial charge in [-0.1, -0.05) is 71.2 Å². The summed E-state index contributed by atoms with van der Waals surface area (Å²) in [5, 5.41) is 46.7. The van der Waals surface area contributed by atoms with E-state index in [2.05, 4.69) is 11.0 Å². The van der Waals surface area contributed by atoms with Crippen molar-refractivity contribution in [2.24, 2.45) is 0 Å². The zero-order valence-electron chi connectivity index (χ0n) is 31.2. The summed E-state index contributed by atoms with van der Waals surface area (Å²) in [6, 6.07) is 24.8. The van der Waals surface area contributed by atoms with Gasteiger partial charge in [-0.05, 0) is 103 Å². The van der Waals surface area contributed by atoms with Crippen molar-refractivity contribution in [3.63, 3.8) is 0 Å². The van der Waals surface area contributed by atoms with Crippen LogP contribution in [0.15, 0.2) is 77.7 Å². The van der Waals surface area contributed by atoms with Crippen LogP contribution >= 0.6 is 34.8 Å². The first-order valence-electron chi connectivity index (χ1n) is 17.8. The number of aliphatic hydroxyl groups is 1. The molecular formula is C41H42Cl3N3O9S. The van der Waals surface area contributed by atoms with E-state index in [1.54, 1.807) is 17.2 Å². The molecule has 1 fully saturated rings. The third-order valence-corrected chi connectivity index (χ3v) is 11.8. The summed E-state index contributed by atoms with van der Waals surface area (Å²) in [4.78, 5) is 49.3. The lowest BCUT2D eigenvalue weighted by Gasteiger charge is -2.34. The van der Waals surface area contributed by atoms with E-state index >= 15 is 0 Å². The van der Waals surface area contributed by atoms with Gasteiger partial charge in [0, 0.05) is 41.7 Å². The number of likely N-dealkylation sites (tertiary alicyclic amines) is 1. The number of nitriles is 1. The number of amides is 1. The zero-order chi connectivity index (χ0) is 42.0. The molecule has 1 saturated heterocycles. The third-order valence-electron chi connectivity index (χ3n) is 9.87. The second-order valence-electron chi connectivity index (χ2n) is 13.9. The SMILES string of the molecule is CN(C[C@@H](CCN1CCC(c2ccc(Cl)cc2[S@@+](C)[O-])CC1)c1ccc(Cl)c(Cl)c1)C(=O)c1cc(C#N)cc2ccccc12.O=C(O)CC(O)(CC(=O)O)C(=O)O. The summed E-state index contributed by atoms with van der Waals surface area (Å²) in [5.41, 5.74) is 0.405. The number of fused-ring (bicyclic) bond motifs is 1. The summed E-state index contributed by atoms with van der Waals surface area (Å²) in [7, 11) is 1.81. The fraction of sp³-hybridized carbons (Fsp3) is 0.341. The van der Waals surface area contributed by atoms with Crippen molar-refractivity contribution >= 4 is 80.6 Å². The van der Waals surface area contributed by atoms with Crippen molar-refractivity contribution in [2.75, 3.05) is 39.5 Å². The molecule has 4 aromatic carbocycles. The van der Waals surface area contributed by atoms with Gasteiger partial charge in [0.15, 0.2) is 10.5 Å². The average Bonchev–Trinajstić information content (AvgIpc) is 3.16. The number of carbonyl (C=O) groups is 4. The van der Waals surface area contributed by atoms with Gasteiger partial charge in [-0.25, -0.2) is 4.79 Å². The molecule has 0 bridgehead atoms. The fourth-order valence-electron chi connectivity index (χ4n) is 6.92. The minimum Gasteiger partial charge on any atom is -0.612 e. The Morgan fingerprint density at radius 2 is 1.60 bits per heavy atom. The average molecular weight is 859 g/mol. The molecule has 57 heavy (non-hydrogen) atoms. The van der Waals surface area contributed by atoms with Crippen LogP contribution in [0.5, 0.6) is 0 Å². The number of hydrogen-bond donors (Lipinski definition) is 4. The highest BCUT2D eigenvalue weighted by atomic mass is 35.5. The van der Waals surface area contributed by atoms with E-state index in [4.69, 9.17) is 55.2 Å². The molecule has 0 aromatic heterocycles. The lowest BCUT2D eigenvalue weighted by atomic mass is 9.88. The second kappa shape index (κ2) is 20.3. The Balaban J connectivity index is 0.000000476. The smallest absolute Gasteiger partial charge is 0.336 e. The maximum atomic E-state index is 13.8. The Morgan fingerprint density at radius 1 is 0.947 bits per heavy atom. The highest BCUT2D eigenvalue weighted by Crippen LogP contribution is 2.35. The first-order valence-corrected chi connectivity index (χ1v) is 20.5. The van der Waals surface area contributed by atoms with Crippen LogP contribution < -0.4 is 0 Å². The van der Waals surface area contributed by atoms with Gasteiger partial charge in [-0.2, -0.15) is 5.26 Å². The lowest BCUT2D eigenvalue weighted by molar-refractivity contribution is -0.170. The highest BCUT2D eigenvalue weighted by Gasteiger charge is 2.40. The molecule has 1 aliphatic heterocycles. The molecule has 2 atom stereocenters. The Morgan fingerprint density at radius 3 is 2.18 bits per heavy atom. The predicted octanol–water partition coefficient (Wildman–Crippen LogP) is 7.29. The molecule has 16 heteroatoms. The van der Waals surface area contributed by atoms with Crippen molar-refractivity contribution in [3.05, 3.63) is 110 Å². The minimum atomic E-state index is -2.74. The summed E-state index contributed by atoms with van der Waals surface area (Å²) in [5.74, 6) is -4.78. The maximum Gasteiger partial charge on any atom is 0.336 e. The van der Waals surface area contributed by atoms with Gasteiger partial charge in [0.25, 0.3) is 5.91 Å². The van der Waals surface area contributed by atoms with Crippen LogP contribution in [0.1, 0.15) is 71.0 Å². The van der Waals surface area contributed by atoms with Crippen molar-refractivity contribution in [1.82, 2.24) is 9.80 Å². The largest absolute Gasteiger partial charge is 0.612 e. The van der Waals surface area contributed by atoms with E-state index in [-0.39, 0.29) is 11.8 Å². The Bertz CT molecular complexity index is 2140. The van der Waals surface area contributed by atoms with Crippen LogP contribution in [0.25, 0.3) is 10.8 Å². The van der Waals surface area contributed by atoms with Gasteiger partial charge in [-0.3, -0.25) is 14.4 Å². The van der Waals surface area contributed by atoms with Crippen LogP contribution in [-0.2, 0) is 25.6 Å². The number of carbonyl (C=O) groups excluding carboxylic acids is 1. The quantitative estimate of drug-likeness (QED) is 0.0928. The summed E-state index contributed by atoms with van der Waals surface area (Å²) < 4.78 is 12.4. The summed E-state index contributed by atoms with van der Waals surface area (Å²) in [6.07, 6.45) is 2.19. The molecule has 1 amide bonds. The van der Waals surface area contributed by atoms with Crippen LogP contribution in [0.3, 0.4) is 0 Å². The zero-order valence-corrected chi connectivity index (χ0v) is 34.2. The Hall–Kier alpha value is -4.39. The first kappa shape index (κ1) is 45.3. The van der Waals surface area contributed by atoms with E-state index in [0.717, 1.165) is 65.7 Å². The number of hydrogen-bond acceptors (Lipinski definition) is 8. The number of carboxylic acid groups (broad SMARTS) is 3. The van der Waals surface area contributed by atoms with Gasteiger partial charge in [0.05, 0.1) is 34.5 Å². The van der Waals surface area contributed by atoms with Gasteiger partial charge < -0.3 is 34.8 Å². The molecule has 302 valence electrons. The number of piperidine rings is 1. The molecule has 5 rings (SSSR count).